The number of unbranched alkanes of at least 4 members (excludes halogenated alkanes) is 1. The van der Waals surface area contributed by atoms with Crippen LogP contribution in [0.5, 0.6) is 5.75 Å². The van der Waals surface area contributed by atoms with E-state index in [1.165, 1.54) is 18.0 Å². The highest BCUT2D eigenvalue weighted by molar-refractivity contribution is 5.77. The summed E-state index contributed by atoms with van der Waals surface area (Å²) in [5.74, 6) is -1.36. The van der Waals surface area contributed by atoms with Crippen molar-refractivity contribution in [2.75, 3.05) is 43.4 Å². The number of fused-ring (bicyclic) bond motifs is 1. The summed E-state index contributed by atoms with van der Waals surface area (Å²) in [5, 5.41) is 25.2. The molecule has 0 saturated carbocycles. The van der Waals surface area contributed by atoms with E-state index in [0.717, 1.165) is 68.4 Å². The molecule has 0 amide bonds. The van der Waals surface area contributed by atoms with Crippen LogP contribution in [0.1, 0.15) is 42.6 Å². The first-order valence-corrected chi connectivity index (χ1v) is 13.7. The van der Waals surface area contributed by atoms with Crippen LogP contribution in [0.15, 0.2) is 42.7 Å². The predicted octanol–water partition coefficient (Wildman–Crippen LogP) is 4.04. The van der Waals surface area contributed by atoms with E-state index in [1.54, 1.807) is 0 Å². The normalized spacial score (nSPS) is 13.1. The van der Waals surface area contributed by atoms with Crippen molar-refractivity contribution in [3.63, 3.8) is 0 Å². The summed E-state index contributed by atoms with van der Waals surface area (Å²) in [6, 6.07) is 8.11. The number of nitrogens with one attached hydrogen (secondary N) is 2. The van der Waals surface area contributed by atoms with Crippen LogP contribution in [-0.4, -0.2) is 69.8 Å². The van der Waals surface area contributed by atoms with Crippen LogP contribution in [0.3, 0.4) is 0 Å². The predicted molar refractivity (Wildman–Crippen MR) is 149 cm³/mol. The zero-order valence-electron chi connectivity index (χ0n) is 22.7. The zero-order valence-corrected chi connectivity index (χ0v) is 22.7. The van der Waals surface area contributed by atoms with E-state index < -0.39 is 23.6 Å². The Morgan fingerprint density at radius 3 is 2.73 bits per heavy atom. The average Bonchev–Trinajstić information content (AvgIpc) is 2.96. The Morgan fingerprint density at radius 1 is 1.15 bits per heavy atom. The number of aromatic nitrogens is 3. The molecule has 1 atom stereocenters. The molecule has 3 aromatic rings. The first kappa shape index (κ1) is 29.6. The molecule has 0 radical (unpaired) electrons. The number of benzene rings is 1. The molecule has 12 heteroatoms. The van der Waals surface area contributed by atoms with Gasteiger partial charge in [0.05, 0.1) is 0 Å². The number of nitriles is 1. The lowest BCUT2D eigenvalue weighted by Crippen LogP contribution is -2.37. The van der Waals surface area contributed by atoms with Gasteiger partial charge in [-0.05, 0) is 56.7 Å². The Bertz CT molecular complexity index is 1350. The van der Waals surface area contributed by atoms with Gasteiger partial charge in [0.15, 0.2) is 11.5 Å². The van der Waals surface area contributed by atoms with Crippen molar-refractivity contribution in [3.05, 3.63) is 71.3 Å². The number of anilines is 2. The van der Waals surface area contributed by atoms with Gasteiger partial charge in [0.1, 0.15) is 41.9 Å². The molecule has 1 aliphatic heterocycles. The molecule has 0 bridgehead atoms. The highest BCUT2D eigenvalue weighted by Gasteiger charge is 2.21. The van der Waals surface area contributed by atoms with Crippen LogP contribution in [0, 0.1) is 23.0 Å². The van der Waals surface area contributed by atoms with Gasteiger partial charge >= 0.3 is 5.97 Å². The van der Waals surface area contributed by atoms with Crippen LogP contribution in [0.4, 0.5) is 20.4 Å². The number of carboxylic acids is 1. The number of carbonyl (C=O) groups is 1. The van der Waals surface area contributed by atoms with Crippen molar-refractivity contribution >= 4 is 17.6 Å². The van der Waals surface area contributed by atoms with E-state index in [2.05, 4.69) is 37.6 Å². The Balaban J connectivity index is 1.34. The van der Waals surface area contributed by atoms with E-state index in [4.69, 9.17) is 9.72 Å². The average molecular weight is 566 g/mol. The van der Waals surface area contributed by atoms with E-state index in [0.29, 0.717) is 19.6 Å². The number of ether oxygens (including phenoxy) is 1. The third-order valence-electron chi connectivity index (χ3n) is 6.77. The second kappa shape index (κ2) is 14.9. The van der Waals surface area contributed by atoms with E-state index in [-0.39, 0.29) is 30.3 Å². The molecule has 0 fully saturated rings. The number of aryl methyl sites for hydroxylation is 2. The third-order valence-corrected chi connectivity index (χ3v) is 6.77. The van der Waals surface area contributed by atoms with Crippen LogP contribution in [-0.2, 0) is 17.6 Å². The number of aliphatic carboxylic acids is 1. The molecular weight excluding hydrogens is 532 g/mol. The summed E-state index contributed by atoms with van der Waals surface area (Å²) in [5.41, 5.74) is 2.28. The quantitative estimate of drug-likeness (QED) is 0.232. The van der Waals surface area contributed by atoms with Gasteiger partial charge in [-0.25, -0.2) is 28.5 Å². The van der Waals surface area contributed by atoms with Gasteiger partial charge in [0, 0.05) is 55.9 Å². The molecule has 4 rings (SSSR count). The summed E-state index contributed by atoms with van der Waals surface area (Å²) in [7, 11) is 0. The van der Waals surface area contributed by atoms with Crippen molar-refractivity contribution in [2.45, 2.75) is 44.6 Å². The summed E-state index contributed by atoms with van der Waals surface area (Å²) in [4.78, 5) is 26.7. The molecule has 1 aromatic carbocycles. The minimum atomic E-state index is -1.09. The van der Waals surface area contributed by atoms with Gasteiger partial charge in [-0.2, -0.15) is 5.26 Å². The highest BCUT2D eigenvalue weighted by atomic mass is 19.1. The fourth-order valence-corrected chi connectivity index (χ4v) is 4.65. The molecule has 0 saturated heterocycles. The van der Waals surface area contributed by atoms with Crippen molar-refractivity contribution in [1.82, 2.24) is 19.9 Å². The Kier molecular flexibility index (Phi) is 10.7. The van der Waals surface area contributed by atoms with E-state index in [9.17, 15) is 23.9 Å². The van der Waals surface area contributed by atoms with Crippen LogP contribution < -0.4 is 15.4 Å². The molecule has 3 heterocycles. The Morgan fingerprint density at radius 2 is 1.95 bits per heavy atom. The third kappa shape index (κ3) is 9.08. The fourth-order valence-electron chi connectivity index (χ4n) is 4.65. The number of hydrogen-bond donors (Lipinski definition) is 3. The van der Waals surface area contributed by atoms with Gasteiger partial charge in [-0.15, -0.1) is 0 Å². The first-order chi connectivity index (χ1) is 19.9. The van der Waals surface area contributed by atoms with E-state index >= 15 is 0 Å². The number of halogens is 2. The van der Waals surface area contributed by atoms with Crippen LogP contribution in [0.25, 0.3) is 0 Å². The Hall–Kier alpha value is -4.37. The molecule has 0 aliphatic carbocycles. The van der Waals surface area contributed by atoms with Crippen LogP contribution in [0.2, 0.25) is 0 Å². The van der Waals surface area contributed by atoms with Crippen molar-refractivity contribution in [2.24, 2.45) is 0 Å². The molecule has 0 spiro atoms. The number of pyridine rings is 1. The topological polar surface area (TPSA) is 136 Å². The lowest BCUT2D eigenvalue weighted by Gasteiger charge is -2.25. The lowest BCUT2D eigenvalue weighted by atomic mass is 10.1. The van der Waals surface area contributed by atoms with Crippen molar-refractivity contribution in [3.8, 4) is 11.8 Å². The number of nitrogens with zero attached hydrogens (tertiary/aromatic N) is 5. The molecule has 0 unspecified atom stereocenters. The maximum absolute atomic E-state index is 13.5. The second-order valence-corrected chi connectivity index (χ2v) is 9.78. The largest absolute Gasteiger partial charge is 0.492 e. The highest BCUT2D eigenvalue weighted by Crippen LogP contribution is 2.20. The minimum Gasteiger partial charge on any atom is -0.492 e. The van der Waals surface area contributed by atoms with Gasteiger partial charge in [-0.1, -0.05) is 6.07 Å². The number of rotatable bonds is 15. The van der Waals surface area contributed by atoms with Gasteiger partial charge in [-0.3, -0.25) is 4.90 Å². The Labute approximate surface area is 237 Å². The SMILES string of the molecule is N#Cc1nccnc1N[C@@H](CCN(CCCCc1ccc2c(n1)NCCC2)CCOc1cc(F)cc(F)c1)C(=O)O. The fraction of sp³-hybridized carbons (Fsp3) is 0.414. The van der Waals surface area contributed by atoms with Gasteiger partial charge < -0.3 is 20.5 Å². The lowest BCUT2D eigenvalue weighted by molar-refractivity contribution is -0.138. The maximum Gasteiger partial charge on any atom is 0.326 e. The van der Waals surface area contributed by atoms with Gasteiger partial charge in [0.25, 0.3) is 0 Å². The first-order valence-electron chi connectivity index (χ1n) is 13.7. The minimum absolute atomic E-state index is 0.0114. The standard InChI is InChI=1S/C29H33F2N7O3/c30-21-16-22(31)18-24(17-21)41-15-14-38(12-2-1-5-23-7-6-20-4-3-9-34-27(20)36-23)13-8-25(29(39)40)37-28-26(19-32)33-10-11-35-28/h6-7,10-11,16-18,25H,1-5,8-9,12-15H2,(H,34,36)(H,35,37)(H,39,40)/t25-/m0/s1. The molecule has 216 valence electrons. The summed E-state index contributed by atoms with van der Waals surface area (Å²) in [6.45, 7) is 2.57. The maximum atomic E-state index is 13.5. The molecule has 2 aromatic heterocycles. The summed E-state index contributed by atoms with van der Waals surface area (Å²) < 4.78 is 32.7. The zero-order chi connectivity index (χ0) is 29.0. The molecule has 41 heavy (non-hydrogen) atoms. The van der Waals surface area contributed by atoms with Gasteiger partial charge in [0.2, 0.25) is 0 Å². The van der Waals surface area contributed by atoms with Crippen molar-refractivity contribution in [1.29, 1.82) is 5.26 Å². The molecule has 10 nitrogen and oxygen atoms in total. The molecule has 1 aliphatic rings. The monoisotopic (exact) mass is 565 g/mol. The van der Waals surface area contributed by atoms with E-state index in [1.807, 2.05) is 6.07 Å². The summed E-state index contributed by atoms with van der Waals surface area (Å²) >= 11 is 0. The smallest absolute Gasteiger partial charge is 0.326 e. The molecule has 3 N–H and O–H groups in total. The molecular formula is C29H33F2N7O3. The summed E-state index contributed by atoms with van der Waals surface area (Å²) in [6.07, 6.45) is 7.62. The van der Waals surface area contributed by atoms with Crippen LogP contribution >= 0.6 is 0 Å². The second-order valence-electron chi connectivity index (χ2n) is 9.78. The number of hydrogen-bond acceptors (Lipinski definition) is 9. The van der Waals surface area contributed by atoms with Crippen molar-refractivity contribution < 1.29 is 23.4 Å². The number of carboxylic acid groups (broad SMARTS) is 1.